The minimum atomic E-state index is -1.40. The molecule has 0 radical (unpaired) electrons. The van der Waals surface area contributed by atoms with Crippen molar-refractivity contribution in [3.63, 3.8) is 0 Å². The van der Waals surface area contributed by atoms with Crippen molar-refractivity contribution < 1.29 is 29.7 Å². The van der Waals surface area contributed by atoms with Crippen LogP contribution in [0.3, 0.4) is 0 Å². The molecule has 0 bridgehead atoms. The van der Waals surface area contributed by atoms with Crippen LogP contribution in [-0.2, 0) is 14.4 Å². The summed E-state index contributed by atoms with van der Waals surface area (Å²) in [5, 5.41) is 24.7. The molecule has 0 rings (SSSR count). The average molecular weight is 296 g/mol. The molecular formula is C6H11K3O6. The first kappa shape index (κ1) is 26.8. The van der Waals surface area contributed by atoms with Crippen LogP contribution in [0.1, 0.15) is 12.8 Å². The molecule has 0 heterocycles. The van der Waals surface area contributed by atoms with Crippen LogP contribution in [0.25, 0.3) is 0 Å². The number of rotatable bonds is 5. The van der Waals surface area contributed by atoms with Crippen LogP contribution in [0.15, 0.2) is 0 Å². The van der Waals surface area contributed by atoms with Crippen LogP contribution in [0.5, 0.6) is 0 Å². The van der Waals surface area contributed by atoms with E-state index in [4.69, 9.17) is 15.3 Å². The van der Waals surface area contributed by atoms with E-state index in [0.29, 0.717) is 0 Å². The molecule has 74 valence electrons. The summed E-state index contributed by atoms with van der Waals surface area (Å²) in [4.78, 5) is 30.3. The van der Waals surface area contributed by atoms with E-state index in [2.05, 4.69) is 0 Å². The van der Waals surface area contributed by atoms with Gasteiger partial charge in [-0.15, -0.1) is 0 Å². The molecule has 0 amide bonds. The Morgan fingerprint density at radius 1 is 0.800 bits per heavy atom. The first-order valence-corrected chi connectivity index (χ1v) is 3.10. The predicted octanol–water partition coefficient (Wildman–Crippen LogP) is -2.31. The monoisotopic (exact) mass is 296 g/mol. The number of carboxylic acid groups (broad SMARTS) is 3. The summed E-state index contributed by atoms with van der Waals surface area (Å²) in [6.45, 7) is 0. The molecule has 6 nitrogen and oxygen atoms in total. The van der Waals surface area contributed by atoms with Gasteiger partial charge in [-0.05, 0) is 0 Å². The van der Waals surface area contributed by atoms with Gasteiger partial charge in [0.25, 0.3) is 0 Å². The van der Waals surface area contributed by atoms with E-state index < -0.39 is 36.7 Å². The van der Waals surface area contributed by atoms with E-state index in [9.17, 15) is 14.4 Å². The summed E-state index contributed by atoms with van der Waals surface area (Å²) in [6.07, 6.45) is -1.33. The fourth-order valence-electron chi connectivity index (χ4n) is 0.668. The maximum atomic E-state index is 10.2. The third-order valence-electron chi connectivity index (χ3n) is 1.19. The van der Waals surface area contributed by atoms with Gasteiger partial charge < -0.3 is 15.3 Å². The third kappa shape index (κ3) is 17.3. The Labute approximate surface area is 214 Å². The maximum absolute atomic E-state index is 10.2. The Morgan fingerprint density at radius 3 is 1.20 bits per heavy atom. The second kappa shape index (κ2) is 15.4. The molecule has 0 fully saturated rings. The van der Waals surface area contributed by atoms with Crippen LogP contribution in [-0.4, -0.2) is 187 Å². The second-order valence-electron chi connectivity index (χ2n) is 2.23. The number of carbonyl (C=O) groups is 3. The molecule has 0 atom stereocenters. The quantitative estimate of drug-likeness (QED) is 0.492. The number of aliphatic carboxylic acids is 3. The van der Waals surface area contributed by atoms with Crippen molar-refractivity contribution in [1.82, 2.24) is 0 Å². The minimum absolute atomic E-state index is 0. The van der Waals surface area contributed by atoms with Crippen LogP contribution < -0.4 is 0 Å². The normalized spacial score (nSPS) is 7.80. The summed E-state index contributed by atoms with van der Waals surface area (Å²) >= 11 is 0. The van der Waals surface area contributed by atoms with Crippen molar-refractivity contribution in [3.8, 4) is 0 Å². The molecule has 0 aliphatic rings. The topological polar surface area (TPSA) is 112 Å². The van der Waals surface area contributed by atoms with Gasteiger partial charge in [0.1, 0.15) is 0 Å². The average Bonchev–Trinajstić information content (AvgIpc) is 1.83. The summed E-state index contributed by atoms with van der Waals surface area (Å²) < 4.78 is 0. The standard InChI is InChI=1S/C6H8O6.3K.3H/c7-4(8)1-3(6(11)12)2-5(9)10;;;;;;/h3H,1-2H2,(H,7,8)(H,9,10)(H,11,12);;;;;;. The Kier molecular flexibility index (Phi) is 27.5. The fourth-order valence-corrected chi connectivity index (χ4v) is 0.668. The van der Waals surface area contributed by atoms with Gasteiger partial charge in [-0.3, -0.25) is 14.4 Å². The van der Waals surface area contributed by atoms with Gasteiger partial charge in [0, 0.05) is 0 Å². The van der Waals surface area contributed by atoms with Gasteiger partial charge in [-0.1, -0.05) is 0 Å². The van der Waals surface area contributed by atoms with E-state index in [-0.39, 0.29) is 154 Å². The summed E-state index contributed by atoms with van der Waals surface area (Å²) in [7, 11) is 0. The Balaban J connectivity index is -0.000000202. The van der Waals surface area contributed by atoms with Crippen LogP contribution in [0.2, 0.25) is 0 Å². The number of carboxylic acids is 3. The molecule has 15 heavy (non-hydrogen) atoms. The van der Waals surface area contributed by atoms with Gasteiger partial charge in [-0.2, -0.15) is 0 Å². The van der Waals surface area contributed by atoms with Gasteiger partial charge >= 0.3 is 172 Å². The van der Waals surface area contributed by atoms with Crippen LogP contribution in [0.4, 0.5) is 0 Å². The molecule has 0 aromatic rings. The van der Waals surface area contributed by atoms with E-state index in [1.165, 1.54) is 0 Å². The van der Waals surface area contributed by atoms with Crippen molar-refractivity contribution in [3.05, 3.63) is 0 Å². The van der Waals surface area contributed by atoms with Gasteiger partial charge in [0.15, 0.2) is 0 Å². The van der Waals surface area contributed by atoms with E-state index in [0.717, 1.165) is 0 Å². The Bertz CT molecular complexity index is 203. The zero-order valence-corrected chi connectivity index (χ0v) is 6.06. The Hall–Kier alpha value is 3.32. The van der Waals surface area contributed by atoms with E-state index in [1.54, 1.807) is 0 Å². The first-order valence-electron chi connectivity index (χ1n) is 3.10. The van der Waals surface area contributed by atoms with Gasteiger partial charge in [0.2, 0.25) is 0 Å². The molecule has 0 aliphatic heterocycles. The number of hydrogen-bond donors (Lipinski definition) is 3. The van der Waals surface area contributed by atoms with Crippen molar-refractivity contribution >= 4 is 172 Å². The molecular weight excluding hydrogens is 285 g/mol. The zero-order chi connectivity index (χ0) is 9.72. The zero-order valence-electron chi connectivity index (χ0n) is 6.06. The predicted molar refractivity (Wildman–Crippen MR) is 57.1 cm³/mol. The Morgan fingerprint density at radius 2 is 1.07 bits per heavy atom. The number of hydrogen-bond acceptors (Lipinski definition) is 3. The molecule has 0 unspecified atom stereocenters. The molecule has 0 spiro atoms. The summed E-state index contributed by atoms with van der Waals surface area (Å²) in [6, 6.07) is 0. The van der Waals surface area contributed by atoms with Crippen molar-refractivity contribution in [1.29, 1.82) is 0 Å². The van der Waals surface area contributed by atoms with Crippen molar-refractivity contribution in [2.45, 2.75) is 12.8 Å². The summed E-state index contributed by atoms with van der Waals surface area (Å²) in [5.74, 6) is -5.38. The fraction of sp³-hybridized carbons (Fsp3) is 0.500. The molecule has 0 saturated carbocycles. The molecule has 0 aromatic carbocycles. The van der Waals surface area contributed by atoms with E-state index in [1.807, 2.05) is 0 Å². The molecule has 0 aromatic heterocycles. The van der Waals surface area contributed by atoms with Crippen LogP contribution in [0, 0.1) is 5.92 Å². The second-order valence-corrected chi connectivity index (χ2v) is 2.23. The van der Waals surface area contributed by atoms with Crippen molar-refractivity contribution in [2.75, 3.05) is 0 Å². The molecule has 9 heteroatoms. The van der Waals surface area contributed by atoms with E-state index >= 15 is 0 Å². The molecule has 0 aliphatic carbocycles. The first-order chi connectivity index (χ1) is 5.43. The molecule has 3 N–H and O–H groups in total. The van der Waals surface area contributed by atoms with Crippen molar-refractivity contribution in [2.24, 2.45) is 5.92 Å². The SMILES string of the molecule is O=C(O)CC(CC(=O)O)C(=O)O.[KH].[KH].[KH]. The van der Waals surface area contributed by atoms with Gasteiger partial charge in [-0.25, -0.2) is 0 Å². The molecule has 0 saturated heterocycles. The van der Waals surface area contributed by atoms with Crippen LogP contribution >= 0.6 is 0 Å². The third-order valence-corrected chi connectivity index (χ3v) is 1.19. The summed E-state index contributed by atoms with van der Waals surface area (Å²) in [5.41, 5.74) is 0. The van der Waals surface area contributed by atoms with Gasteiger partial charge in [0.05, 0.1) is 18.8 Å².